The van der Waals surface area contributed by atoms with Crippen molar-refractivity contribution in [2.24, 2.45) is 0 Å². The van der Waals surface area contributed by atoms with Crippen molar-refractivity contribution in [3.63, 3.8) is 0 Å². The third kappa shape index (κ3) is 1.25. The van der Waals surface area contributed by atoms with E-state index in [0.717, 1.165) is 5.65 Å². The predicted molar refractivity (Wildman–Crippen MR) is 57.2 cm³/mol. The van der Waals surface area contributed by atoms with Crippen LogP contribution in [0.1, 0.15) is 0 Å². The molecule has 5 heteroatoms. The molecule has 0 aliphatic carbocycles. The SMILES string of the molecule is COc1cccc2nc(-c3ccco3)nn12. The van der Waals surface area contributed by atoms with E-state index in [4.69, 9.17) is 9.15 Å². The smallest absolute Gasteiger partial charge is 0.218 e. The molecule has 0 aliphatic rings. The maximum atomic E-state index is 5.24. The molecule has 0 spiro atoms. The van der Waals surface area contributed by atoms with Crippen molar-refractivity contribution in [2.75, 3.05) is 7.11 Å². The Hall–Kier alpha value is -2.30. The number of aromatic nitrogens is 3. The fourth-order valence-corrected chi connectivity index (χ4v) is 1.55. The Labute approximate surface area is 91.3 Å². The molecule has 3 heterocycles. The Morgan fingerprint density at radius 1 is 1.25 bits per heavy atom. The molecule has 80 valence electrons. The molecule has 0 fully saturated rings. The molecule has 0 bridgehead atoms. The molecule has 3 aromatic rings. The van der Waals surface area contributed by atoms with E-state index >= 15 is 0 Å². The lowest BCUT2D eigenvalue weighted by Gasteiger charge is -1.99. The van der Waals surface area contributed by atoms with Crippen LogP contribution in [0.3, 0.4) is 0 Å². The van der Waals surface area contributed by atoms with E-state index in [-0.39, 0.29) is 0 Å². The van der Waals surface area contributed by atoms with Gasteiger partial charge in [-0.05, 0) is 18.2 Å². The molecule has 0 radical (unpaired) electrons. The van der Waals surface area contributed by atoms with Gasteiger partial charge in [0.25, 0.3) is 0 Å². The van der Waals surface area contributed by atoms with Crippen LogP contribution in [0.15, 0.2) is 41.0 Å². The standard InChI is InChI=1S/C11H9N3O2/c1-15-10-6-2-5-9-12-11(13-14(9)10)8-4-3-7-16-8/h2-7H,1H3. The Morgan fingerprint density at radius 2 is 2.19 bits per heavy atom. The zero-order chi connectivity index (χ0) is 11.0. The molecular formula is C11H9N3O2. The zero-order valence-electron chi connectivity index (χ0n) is 8.62. The van der Waals surface area contributed by atoms with Crippen LogP contribution in [-0.4, -0.2) is 21.7 Å². The second kappa shape index (κ2) is 3.37. The van der Waals surface area contributed by atoms with Gasteiger partial charge in [-0.15, -0.1) is 5.10 Å². The number of fused-ring (bicyclic) bond motifs is 1. The molecule has 5 nitrogen and oxygen atoms in total. The van der Waals surface area contributed by atoms with Crippen molar-refractivity contribution < 1.29 is 9.15 Å². The summed E-state index contributed by atoms with van der Waals surface area (Å²) in [5, 5.41) is 4.31. The fraction of sp³-hybridized carbons (Fsp3) is 0.0909. The third-order valence-electron chi connectivity index (χ3n) is 2.28. The van der Waals surface area contributed by atoms with Crippen molar-refractivity contribution in [3.8, 4) is 17.5 Å². The van der Waals surface area contributed by atoms with E-state index < -0.39 is 0 Å². The topological polar surface area (TPSA) is 52.6 Å². The van der Waals surface area contributed by atoms with Crippen molar-refractivity contribution in [1.82, 2.24) is 14.6 Å². The summed E-state index contributed by atoms with van der Waals surface area (Å²) in [6.07, 6.45) is 1.60. The lowest BCUT2D eigenvalue weighted by atomic mass is 10.4. The van der Waals surface area contributed by atoms with Crippen LogP contribution in [0.4, 0.5) is 0 Å². The van der Waals surface area contributed by atoms with Gasteiger partial charge in [-0.2, -0.15) is 4.52 Å². The molecule has 0 unspecified atom stereocenters. The fourth-order valence-electron chi connectivity index (χ4n) is 1.55. The van der Waals surface area contributed by atoms with Crippen LogP contribution in [0.5, 0.6) is 5.88 Å². The molecule has 0 saturated carbocycles. The van der Waals surface area contributed by atoms with Gasteiger partial charge in [-0.3, -0.25) is 0 Å². The first-order chi connectivity index (χ1) is 7.88. The number of nitrogens with zero attached hydrogens (tertiary/aromatic N) is 3. The maximum absolute atomic E-state index is 5.24. The molecule has 0 aromatic carbocycles. The van der Waals surface area contributed by atoms with Crippen LogP contribution in [0.25, 0.3) is 17.2 Å². The molecule has 3 aromatic heterocycles. The zero-order valence-corrected chi connectivity index (χ0v) is 8.62. The highest BCUT2D eigenvalue weighted by Crippen LogP contribution is 2.19. The minimum Gasteiger partial charge on any atom is -0.481 e. The first-order valence-corrected chi connectivity index (χ1v) is 4.82. The molecule has 0 amide bonds. The van der Waals surface area contributed by atoms with Crippen molar-refractivity contribution in [2.45, 2.75) is 0 Å². The minimum atomic E-state index is 0.550. The Kier molecular flexibility index (Phi) is 1.89. The summed E-state index contributed by atoms with van der Waals surface area (Å²) in [6.45, 7) is 0. The molecule has 0 atom stereocenters. The highest BCUT2D eigenvalue weighted by molar-refractivity contribution is 5.53. The average Bonchev–Trinajstić information content (AvgIpc) is 2.96. The Bertz CT molecular complexity index is 613. The van der Waals surface area contributed by atoms with E-state index in [1.165, 1.54) is 0 Å². The van der Waals surface area contributed by atoms with Gasteiger partial charge in [0, 0.05) is 6.07 Å². The number of ether oxygens (including phenoxy) is 1. The molecule has 0 aliphatic heterocycles. The van der Waals surface area contributed by atoms with Crippen molar-refractivity contribution in [3.05, 3.63) is 36.6 Å². The van der Waals surface area contributed by atoms with Gasteiger partial charge in [0.2, 0.25) is 11.7 Å². The van der Waals surface area contributed by atoms with E-state index in [1.807, 2.05) is 24.3 Å². The maximum Gasteiger partial charge on any atom is 0.218 e. The summed E-state index contributed by atoms with van der Waals surface area (Å²) in [6, 6.07) is 9.18. The summed E-state index contributed by atoms with van der Waals surface area (Å²) in [5.74, 6) is 1.84. The summed E-state index contributed by atoms with van der Waals surface area (Å²) >= 11 is 0. The second-order valence-corrected chi connectivity index (χ2v) is 3.25. The Morgan fingerprint density at radius 3 is 2.94 bits per heavy atom. The number of rotatable bonds is 2. The predicted octanol–water partition coefficient (Wildman–Crippen LogP) is 2.00. The lowest BCUT2D eigenvalue weighted by molar-refractivity contribution is 0.386. The number of hydrogen-bond donors (Lipinski definition) is 0. The van der Waals surface area contributed by atoms with Gasteiger partial charge in [-0.1, -0.05) is 6.07 Å². The van der Waals surface area contributed by atoms with Crippen molar-refractivity contribution in [1.29, 1.82) is 0 Å². The Balaban J connectivity index is 2.23. The van der Waals surface area contributed by atoms with Crippen molar-refractivity contribution >= 4 is 5.65 Å². The lowest BCUT2D eigenvalue weighted by Crippen LogP contribution is -1.94. The largest absolute Gasteiger partial charge is 0.481 e. The summed E-state index contributed by atoms with van der Waals surface area (Å²) < 4.78 is 12.1. The van der Waals surface area contributed by atoms with Crippen LogP contribution < -0.4 is 4.74 Å². The summed E-state index contributed by atoms with van der Waals surface area (Å²) in [7, 11) is 1.60. The number of methoxy groups -OCH3 is 1. The van der Waals surface area contributed by atoms with E-state index in [2.05, 4.69) is 10.1 Å². The quantitative estimate of drug-likeness (QED) is 0.656. The van der Waals surface area contributed by atoms with Crippen LogP contribution in [0, 0.1) is 0 Å². The first kappa shape index (κ1) is 8.96. The summed E-state index contributed by atoms with van der Waals surface area (Å²) in [4.78, 5) is 4.34. The monoisotopic (exact) mass is 215 g/mol. The molecular weight excluding hydrogens is 206 g/mol. The highest BCUT2D eigenvalue weighted by atomic mass is 16.5. The average molecular weight is 215 g/mol. The van der Waals surface area contributed by atoms with Gasteiger partial charge < -0.3 is 9.15 Å². The molecule has 16 heavy (non-hydrogen) atoms. The summed E-state index contributed by atoms with van der Waals surface area (Å²) in [5.41, 5.74) is 0.728. The molecule has 0 saturated heterocycles. The van der Waals surface area contributed by atoms with Gasteiger partial charge in [0.15, 0.2) is 11.4 Å². The molecule has 3 rings (SSSR count). The van der Waals surface area contributed by atoms with E-state index in [1.54, 1.807) is 24.0 Å². The van der Waals surface area contributed by atoms with Crippen LogP contribution in [0.2, 0.25) is 0 Å². The minimum absolute atomic E-state index is 0.550. The third-order valence-corrected chi connectivity index (χ3v) is 2.28. The highest BCUT2D eigenvalue weighted by Gasteiger charge is 2.10. The van der Waals surface area contributed by atoms with E-state index in [9.17, 15) is 0 Å². The van der Waals surface area contributed by atoms with E-state index in [0.29, 0.717) is 17.5 Å². The van der Waals surface area contributed by atoms with Gasteiger partial charge in [0.1, 0.15) is 0 Å². The second-order valence-electron chi connectivity index (χ2n) is 3.25. The number of pyridine rings is 1. The first-order valence-electron chi connectivity index (χ1n) is 4.82. The van der Waals surface area contributed by atoms with Gasteiger partial charge in [0.05, 0.1) is 13.4 Å². The number of hydrogen-bond acceptors (Lipinski definition) is 4. The van der Waals surface area contributed by atoms with Crippen LogP contribution in [-0.2, 0) is 0 Å². The van der Waals surface area contributed by atoms with Gasteiger partial charge >= 0.3 is 0 Å². The number of furan rings is 1. The molecule has 0 N–H and O–H groups in total. The van der Waals surface area contributed by atoms with Crippen LogP contribution >= 0.6 is 0 Å². The normalized spacial score (nSPS) is 10.8. The van der Waals surface area contributed by atoms with Gasteiger partial charge in [-0.25, -0.2) is 4.98 Å².